The van der Waals surface area contributed by atoms with Gasteiger partial charge in [0.25, 0.3) is 0 Å². The first kappa shape index (κ1) is 16.2. The lowest BCUT2D eigenvalue weighted by atomic mass is 10.5. The van der Waals surface area contributed by atoms with Crippen LogP contribution >= 0.6 is 0 Å². The lowest BCUT2D eigenvalue weighted by Gasteiger charge is -2.08. The quantitative estimate of drug-likeness (QED) is 0.669. The van der Waals surface area contributed by atoms with Crippen LogP contribution in [0, 0.1) is 0 Å². The molecule has 0 radical (unpaired) electrons. The zero-order valence-electron chi connectivity index (χ0n) is 9.30. The summed E-state index contributed by atoms with van der Waals surface area (Å²) in [5, 5.41) is 4.11. The maximum absolute atomic E-state index is 11.7. The van der Waals surface area contributed by atoms with E-state index >= 15 is 0 Å². The summed E-state index contributed by atoms with van der Waals surface area (Å²) in [5.74, 6) is -0.912. The van der Waals surface area contributed by atoms with Crippen molar-refractivity contribution in [1.82, 2.24) is 10.6 Å². The topological polar surface area (TPSA) is 75.3 Å². The van der Waals surface area contributed by atoms with Gasteiger partial charge in [-0.25, -0.2) is 8.42 Å². The van der Waals surface area contributed by atoms with Gasteiger partial charge in [0, 0.05) is 12.3 Å². The van der Waals surface area contributed by atoms with Gasteiger partial charge in [0.2, 0.25) is 5.91 Å². The molecule has 0 bridgehead atoms. The Morgan fingerprint density at radius 2 is 1.88 bits per heavy atom. The molecular weight excluding hydrogens is 261 g/mol. The van der Waals surface area contributed by atoms with E-state index in [2.05, 4.69) is 5.32 Å². The van der Waals surface area contributed by atoms with Crippen molar-refractivity contribution in [1.29, 1.82) is 0 Å². The number of halogens is 3. The van der Waals surface area contributed by atoms with Crippen LogP contribution in [0.4, 0.5) is 13.2 Å². The van der Waals surface area contributed by atoms with Crippen LogP contribution in [0.5, 0.6) is 0 Å². The first-order valence-corrected chi connectivity index (χ1v) is 6.73. The highest BCUT2D eigenvalue weighted by molar-refractivity contribution is 7.91. The highest BCUT2D eigenvalue weighted by Gasteiger charge is 2.26. The first-order valence-electron chi connectivity index (χ1n) is 4.91. The SMILES string of the molecule is CCS(=O)(=O)CCNC(=O)CNCC(F)(F)F. The average Bonchev–Trinajstić information content (AvgIpc) is 2.15. The van der Waals surface area contributed by atoms with E-state index in [1.165, 1.54) is 6.92 Å². The van der Waals surface area contributed by atoms with Crippen LogP contribution in [0.2, 0.25) is 0 Å². The fraction of sp³-hybridized carbons (Fsp3) is 0.875. The number of carbonyl (C=O) groups is 1. The molecule has 0 aromatic rings. The molecule has 0 aliphatic carbocycles. The van der Waals surface area contributed by atoms with Gasteiger partial charge in [-0.05, 0) is 0 Å². The summed E-state index contributed by atoms with van der Waals surface area (Å²) < 4.78 is 57.1. The van der Waals surface area contributed by atoms with E-state index in [4.69, 9.17) is 0 Å². The smallest absolute Gasteiger partial charge is 0.354 e. The molecule has 2 N–H and O–H groups in total. The third-order valence-corrected chi connectivity index (χ3v) is 3.49. The molecule has 0 aliphatic rings. The molecule has 0 unspecified atom stereocenters. The summed E-state index contributed by atoms with van der Waals surface area (Å²) in [6.45, 7) is -0.371. The zero-order chi connectivity index (χ0) is 13.5. The van der Waals surface area contributed by atoms with Gasteiger partial charge in [0.1, 0.15) is 0 Å². The molecule has 0 heterocycles. The molecule has 0 saturated heterocycles. The standard InChI is InChI=1S/C8H15F3N2O3S/c1-2-17(15,16)4-3-13-7(14)5-12-6-8(9,10)11/h12H,2-6H2,1H3,(H,13,14). The number of alkyl halides is 3. The summed E-state index contributed by atoms with van der Waals surface area (Å²) in [6.07, 6.45) is -4.37. The Morgan fingerprint density at radius 3 is 2.35 bits per heavy atom. The lowest BCUT2D eigenvalue weighted by molar-refractivity contribution is -0.128. The molecule has 0 aliphatic heterocycles. The van der Waals surface area contributed by atoms with E-state index in [1.807, 2.05) is 5.32 Å². The molecular formula is C8H15F3N2O3S. The Labute approximate surface area is 97.7 Å². The zero-order valence-corrected chi connectivity index (χ0v) is 10.1. The van der Waals surface area contributed by atoms with Gasteiger partial charge in [-0.1, -0.05) is 6.92 Å². The summed E-state index contributed by atoms with van der Waals surface area (Å²) >= 11 is 0. The Bertz CT molecular complexity index is 340. The molecule has 9 heteroatoms. The second-order valence-corrected chi connectivity index (χ2v) is 5.78. The van der Waals surface area contributed by atoms with Crippen molar-refractivity contribution >= 4 is 15.7 Å². The van der Waals surface area contributed by atoms with Gasteiger partial charge in [-0.2, -0.15) is 13.2 Å². The fourth-order valence-electron chi connectivity index (χ4n) is 0.871. The Balaban J connectivity index is 3.68. The summed E-state index contributed by atoms with van der Waals surface area (Å²) in [7, 11) is -3.17. The van der Waals surface area contributed by atoms with E-state index in [-0.39, 0.29) is 18.1 Å². The van der Waals surface area contributed by atoms with E-state index in [0.29, 0.717) is 0 Å². The highest BCUT2D eigenvalue weighted by Crippen LogP contribution is 2.11. The third kappa shape index (κ3) is 10.1. The third-order valence-electron chi connectivity index (χ3n) is 1.79. The predicted octanol–water partition coefficient (Wildman–Crippen LogP) is -0.311. The van der Waals surface area contributed by atoms with Gasteiger partial charge in [0.15, 0.2) is 9.84 Å². The molecule has 0 aromatic heterocycles. The number of hydrogen-bond acceptors (Lipinski definition) is 4. The normalized spacial score (nSPS) is 12.5. The molecule has 5 nitrogen and oxygen atoms in total. The van der Waals surface area contributed by atoms with E-state index < -0.39 is 35.0 Å². The second kappa shape index (κ2) is 6.80. The first-order chi connectivity index (χ1) is 7.66. The van der Waals surface area contributed by atoms with Crippen LogP contribution in [-0.2, 0) is 14.6 Å². The molecule has 0 spiro atoms. The van der Waals surface area contributed by atoms with Crippen LogP contribution in [0.1, 0.15) is 6.92 Å². The van der Waals surface area contributed by atoms with Crippen molar-refractivity contribution in [3.8, 4) is 0 Å². The second-order valence-electron chi connectivity index (χ2n) is 3.31. The molecule has 102 valence electrons. The van der Waals surface area contributed by atoms with Gasteiger partial charge in [-0.3, -0.25) is 4.79 Å². The maximum Gasteiger partial charge on any atom is 0.401 e. The van der Waals surface area contributed by atoms with Crippen LogP contribution in [0.15, 0.2) is 0 Å². The largest absolute Gasteiger partial charge is 0.401 e. The molecule has 0 rings (SSSR count). The van der Waals surface area contributed by atoms with E-state index in [0.717, 1.165) is 0 Å². The number of amides is 1. The minimum Gasteiger partial charge on any atom is -0.354 e. The monoisotopic (exact) mass is 276 g/mol. The van der Waals surface area contributed by atoms with Gasteiger partial charge < -0.3 is 10.6 Å². The average molecular weight is 276 g/mol. The summed E-state index contributed by atoms with van der Waals surface area (Å²) in [6, 6.07) is 0. The van der Waals surface area contributed by atoms with Gasteiger partial charge in [-0.15, -0.1) is 0 Å². The molecule has 0 atom stereocenters. The summed E-state index contributed by atoms with van der Waals surface area (Å²) in [4.78, 5) is 11.0. The summed E-state index contributed by atoms with van der Waals surface area (Å²) in [5.41, 5.74) is 0. The maximum atomic E-state index is 11.7. The van der Waals surface area contributed by atoms with Crippen molar-refractivity contribution in [2.45, 2.75) is 13.1 Å². The van der Waals surface area contributed by atoms with Crippen molar-refractivity contribution in [2.75, 3.05) is 31.1 Å². The Hall–Kier alpha value is -0.830. The highest BCUT2D eigenvalue weighted by atomic mass is 32.2. The number of carbonyl (C=O) groups excluding carboxylic acids is 1. The molecule has 0 saturated carbocycles. The van der Waals surface area contributed by atoms with Crippen molar-refractivity contribution in [3.63, 3.8) is 0 Å². The minimum absolute atomic E-state index is 0.0325. The van der Waals surface area contributed by atoms with Crippen molar-refractivity contribution < 1.29 is 26.4 Å². The minimum atomic E-state index is -4.37. The van der Waals surface area contributed by atoms with E-state index in [9.17, 15) is 26.4 Å². The molecule has 0 aromatic carbocycles. The number of nitrogens with one attached hydrogen (secondary N) is 2. The number of sulfone groups is 1. The number of rotatable bonds is 7. The van der Waals surface area contributed by atoms with Crippen LogP contribution in [0.25, 0.3) is 0 Å². The number of hydrogen-bond donors (Lipinski definition) is 2. The van der Waals surface area contributed by atoms with Crippen molar-refractivity contribution in [2.24, 2.45) is 0 Å². The van der Waals surface area contributed by atoms with Crippen LogP contribution < -0.4 is 10.6 Å². The Morgan fingerprint density at radius 1 is 1.29 bits per heavy atom. The van der Waals surface area contributed by atoms with Gasteiger partial charge in [0.05, 0.1) is 18.8 Å². The molecule has 0 fully saturated rings. The van der Waals surface area contributed by atoms with Crippen LogP contribution in [0.3, 0.4) is 0 Å². The van der Waals surface area contributed by atoms with Crippen LogP contribution in [-0.4, -0.2) is 51.6 Å². The van der Waals surface area contributed by atoms with E-state index in [1.54, 1.807) is 0 Å². The molecule has 17 heavy (non-hydrogen) atoms. The molecule has 1 amide bonds. The van der Waals surface area contributed by atoms with Gasteiger partial charge >= 0.3 is 6.18 Å². The Kier molecular flexibility index (Phi) is 6.46. The predicted molar refractivity (Wildman–Crippen MR) is 56.3 cm³/mol. The lowest BCUT2D eigenvalue weighted by Crippen LogP contribution is -2.39. The van der Waals surface area contributed by atoms with Crippen molar-refractivity contribution in [3.05, 3.63) is 0 Å². The fourth-order valence-corrected chi connectivity index (χ4v) is 1.57.